The first-order valence-corrected chi connectivity index (χ1v) is 8.93. The van der Waals surface area contributed by atoms with Crippen molar-refractivity contribution in [1.29, 1.82) is 0 Å². The molecule has 0 radical (unpaired) electrons. The van der Waals surface area contributed by atoms with Gasteiger partial charge in [-0.2, -0.15) is 0 Å². The Morgan fingerprint density at radius 2 is 2.05 bits per heavy atom. The van der Waals surface area contributed by atoms with Crippen molar-refractivity contribution < 1.29 is 17.6 Å². The Morgan fingerprint density at radius 1 is 1.48 bits per heavy atom. The fourth-order valence-electron chi connectivity index (χ4n) is 2.13. The van der Waals surface area contributed by atoms with E-state index in [1.54, 1.807) is 0 Å². The Balaban J connectivity index is 2.21. The van der Waals surface area contributed by atoms with Gasteiger partial charge in [0, 0.05) is 17.2 Å². The average Bonchev–Trinajstić information content (AvgIpc) is 2.92. The number of carbonyl (C=O) groups excluding carboxylic acids is 1. The van der Waals surface area contributed by atoms with Crippen molar-refractivity contribution in [2.45, 2.75) is 25.2 Å². The minimum atomic E-state index is -4.29. The van der Waals surface area contributed by atoms with E-state index in [2.05, 4.69) is 19.2 Å². The van der Waals surface area contributed by atoms with E-state index in [0.717, 1.165) is 18.6 Å². The summed E-state index contributed by atoms with van der Waals surface area (Å²) in [5, 5.41) is 2.51. The monoisotopic (exact) mass is 353 g/mol. The minimum absolute atomic E-state index is 0.115. The summed E-state index contributed by atoms with van der Waals surface area (Å²) < 4.78 is 36.0. The lowest BCUT2D eigenvalue weighted by Gasteiger charge is -2.09. The first-order chi connectivity index (χ1) is 9.52. The highest BCUT2D eigenvalue weighted by atomic mass is 35.7. The number of carbonyl (C=O) groups is 1. The van der Waals surface area contributed by atoms with Gasteiger partial charge >= 0.3 is 0 Å². The first kappa shape index (κ1) is 16.5. The molecule has 1 N–H and O–H groups in total. The van der Waals surface area contributed by atoms with E-state index in [1.807, 2.05) is 0 Å². The number of amides is 1. The van der Waals surface area contributed by atoms with Crippen LogP contribution < -0.4 is 5.32 Å². The van der Waals surface area contributed by atoms with Gasteiger partial charge in [-0.3, -0.25) is 4.79 Å². The maximum atomic E-state index is 13.5. The van der Waals surface area contributed by atoms with Gasteiger partial charge in [0.2, 0.25) is 0 Å². The summed E-state index contributed by atoms with van der Waals surface area (Å²) in [4.78, 5) is 11.3. The van der Waals surface area contributed by atoms with Crippen LogP contribution in [0, 0.1) is 17.2 Å². The fraction of sp³-hybridized carbons (Fsp3) is 0.462. The molecular formula is C13H14Cl2FNO3S. The van der Waals surface area contributed by atoms with E-state index in [4.69, 9.17) is 22.3 Å². The molecule has 0 aromatic heterocycles. The fourth-order valence-corrected chi connectivity index (χ4v) is 3.27. The highest BCUT2D eigenvalue weighted by Gasteiger charge is 2.45. The van der Waals surface area contributed by atoms with Crippen molar-refractivity contribution in [3.8, 4) is 0 Å². The molecule has 0 heterocycles. The van der Waals surface area contributed by atoms with E-state index >= 15 is 0 Å². The standard InChI is InChI=1S/C13H14Cl2FNO3S/c1-13(2)5-7(13)6-17-12(18)8-3-11(21(15,19)20)10(16)4-9(8)14/h3-4,7H,5-6H2,1-2H3,(H,17,18). The normalized spacial score (nSPS) is 20.1. The molecule has 8 heteroatoms. The first-order valence-electron chi connectivity index (χ1n) is 6.24. The van der Waals surface area contributed by atoms with Crippen LogP contribution in [0.25, 0.3) is 0 Å². The summed E-state index contributed by atoms with van der Waals surface area (Å²) >= 11 is 5.79. The van der Waals surface area contributed by atoms with Crippen molar-refractivity contribution >= 4 is 37.2 Å². The summed E-state index contributed by atoms with van der Waals surface area (Å²) in [5.41, 5.74) is 0.0839. The lowest BCUT2D eigenvalue weighted by atomic mass is 10.1. The van der Waals surface area contributed by atoms with Crippen LogP contribution in [0.1, 0.15) is 30.6 Å². The average molecular weight is 354 g/mol. The Kier molecular flexibility index (Phi) is 4.26. The summed E-state index contributed by atoms with van der Waals surface area (Å²) in [7, 11) is 0.840. The third-order valence-corrected chi connectivity index (χ3v) is 5.41. The molecule has 1 aliphatic carbocycles. The van der Waals surface area contributed by atoms with Gasteiger partial charge < -0.3 is 5.32 Å². The number of nitrogens with one attached hydrogen (secondary N) is 1. The highest BCUT2D eigenvalue weighted by molar-refractivity contribution is 8.13. The molecule has 0 bridgehead atoms. The number of benzene rings is 1. The number of rotatable bonds is 4. The minimum Gasteiger partial charge on any atom is -0.352 e. The molecule has 1 saturated carbocycles. The van der Waals surface area contributed by atoms with Crippen LogP contribution in [0.2, 0.25) is 5.02 Å². The molecule has 2 rings (SSSR count). The second-order valence-electron chi connectivity index (χ2n) is 5.80. The van der Waals surface area contributed by atoms with Crippen molar-refractivity contribution in [3.63, 3.8) is 0 Å². The molecule has 1 fully saturated rings. The van der Waals surface area contributed by atoms with Crippen LogP contribution in [-0.2, 0) is 9.05 Å². The van der Waals surface area contributed by atoms with Crippen molar-refractivity contribution in [2.75, 3.05) is 6.54 Å². The van der Waals surface area contributed by atoms with Crippen molar-refractivity contribution in [2.24, 2.45) is 11.3 Å². The topological polar surface area (TPSA) is 63.2 Å². The maximum Gasteiger partial charge on any atom is 0.264 e. The summed E-state index contributed by atoms with van der Waals surface area (Å²) in [5.74, 6) is -1.27. The van der Waals surface area contributed by atoms with Crippen molar-refractivity contribution in [3.05, 3.63) is 28.5 Å². The largest absolute Gasteiger partial charge is 0.352 e. The third-order valence-electron chi connectivity index (χ3n) is 3.76. The van der Waals surface area contributed by atoms with Gasteiger partial charge in [-0.15, -0.1) is 0 Å². The van der Waals surface area contributed by atoms with E-state index < -0.39 is 25.7 Å². The molecule has 0 saturated heterocycles. The molecule has 116 valence electrons. The van der Waals surface area contributed by atoms with Crippen molar-refractivity contribution in [1.82, 2.24) is 5.32 Å². The Morgan fingerprint density at radius 3 is 2.52 bits per heavy atom. The van der Waals surface area contributed by atoms with Crippen LogP contribution in [0.4, 0.5) is 4.39 Å². The van der Waals surface area contributed by atoms with Gasteiger partial charge in [0.1, 0.15) is 10.7 Å². The smallest absolute Gasteiger partial charge is 0.264 e. The van der Waals surface area contributed by atoms with E-state index in [1.165, 1.54) is 0 Å². The molecule has 0 aliphatic heterocycles. The number of halogens is 3. The van der Waals surface area contributed by atoms with Crippen LogP contribution in [0.15, 0.2) is 17.0 Å². The molecule has 1 aromatic carbocycles. The second-order valence-corrected chi connectivity index (χ2v) is 8.74. The Hall–Kier alpha value is -0.850. The molecule has 0 spiro atoms. The molecule has 1 atom stereocenters. The molecule has 21 heavy (non-hydrogen) atoms. The van der Waals surface area contributed by atoms with Crippen LogP contribution in [0.3, 0.4) is 0 Å². The zero-order chi connectivity index (χ0) is 16.0. The van der Waals surface area contributed by atoms with Crippen LogP contribution in [-0.4, -0.2) is 20.9 Å². The van der Waals surface area contributed by atoms with E-state index in [0.29, 0.717) is 12.5 Å². The molecule has 1 aromatic rings. The molecule has 1 aliphatic rings. The van der Waals surface area contributed by atoms with E-state index in [9.17, 15) is 17.6 Å². The lowest BCUT2D eigenvalue weighted by Crippen LogP contribution is -2.27. The van der Waals surface area contributed by atoms with Gasteiger partial charge in [-0.25, -0.2) is 12.8 Å². The summed E-state index contributed by atoms with van der Waals surface area (Å²) in [6, 6.07) is 1.63. The molecule has 1 amide bonds. The Bertz CT molecular complexity index is 704. The lowest BCUT2D eigenvalue weighted by molar-refractivity contribution is 0.0950. The quantitative estimate of drug-likeness (QED) is 0.845. The predicted molar refractivity (Wildman–Crippen MR) is 78.7 cm³/mol. The third kappa shape index (κ3) is 3.67. The molecular weight excluding hydrogens is 340 g/mol. The maximum absolute atomic E-state index is 13.5. The molecule has 1 unspecified atom stereocenters. The van der Waals surface area contributed by atoms with Gasteiger partial charge in [0.25, 0.3) is 15.0 Å². The van der Waals surface area contributed by atoms with Gasteiger partial charge in [0.15, 0.2) is 0 Å². The SMILES string of the molecule is CC1(C)CC1CNC(=O)c1cc(S(=O)(=O)Cl)c(F)cc1Cl. The van der Waals surface area contributed by atoms with Crippen LogP contribution >= 0.6 is 22.3 Å². The zero-order valence-electron chi connectivity index (χ0n) is 11.4. The molecule has 4 nitrogen and oxygen atoms in total. The Labute approximate surface area is 132 Å². The van der Waals surface area contributed by atoms with Gasteiger partial charge in [-0.05, 0) is 29.9 Å². The van der Waals surface area contributed by atoms with Gasteiger partial charge in [0.05, 0.1) is 10.6 Å². The predicted octanol–water partition coefficient (Wildman–Crippen LogP) is 3.18. The zero-order valence-corrected chi connectivity index (χ0v) is 13.7. The van der Waals surface area contributed by atoms with Crippen LogP contribution in [0.5, 0.6) is 0 Å². The number of hydrogen-bond acceptors (Lipinski definition) is 3. The number of hydrogen-bond donors (Lipinski definition) is 1. The van der Waals surface area contributed by atoms with E-state index in [-0.39, 0.29) is 16.0 Å². The second kappa shape index (κ2) is 5.41. The van der Waals surface area contributed by atoms with Gasteiger partial charge in [-0.1, -0.05) is 25.4 Å². The summed E-state index contributed by atoms with van der Waals surface area (Å²) in [6.45, 7) is 4.64. The summed E-state index contributed by atoms with van der Waals surface area (Å²) in [6.07, 6.45) is 1.01. The highest BCUT2D eigenvalue weighted by Crippen LogP contribution is 2.51.